The Morgan fingerprint density at radius 3 is 2.75 bits per heavy atom. The molecule has 110 valence electrons. The third-order valence-corrected chi connectivity index (χ3v) is 4.21. The molecule has 0 atom stereocenters. The van der Waals surface area contributed by atoms with Gasteiger partial charge in [0.25, 0.3) is 0 Å². The summed E-state index contributed by atoms with van der Waals surface area (Å²) in [6, 6.07) is 0.451. The number of fused-ring (bicyclic) bond motifs is 1. The summed E-state index contributed by atoms with van der Waals surface area (Å²) < 4.78 is 9.80. The molecule has 1 aliphatic rings. The summed E-state index contributed by atoms with van der Waals surface area (Å²) in [5.41, 5.74) is 3.25. The molecule has 0 aliphatic carbocycles. The van der Waals surface area contributed by atoms with Crippen molar-refractivity contribution < 1.29 is 4.74 Å². The second-order valence-electron chi connectivity index (χ2n) is 5.28. The lowest BCUT2D eigenvalue weighted by atomic mass is 10.1. The molecule has 0 amide bonds. The van der Waals surface area contributed by atoms with Gasteiger partial charge in [-0.1, -0.05) is 6.92 Å². The summed E-state index contributed by atoms with van der Waals surface area (Å²) in [5, 5.41) is 4.59. The Labute approximate surface area is 123 Å². The molecule has 6 heteroatoms. The predicted octanol–water partition coefficient (Wildman–Crippen LogP) is 2.47. The van der Waals surface area contributed by atoms with Gasteiger partial charge in [-0.2, -0.15) is 5.10 Å². The highest BCUT2D eigenvalue weighted by Crippen LogP contribution is 2.29. The maximum atomic E-state index is 5.95. The summed E-state index contributed by atoms with van der Waals surface area (Å²) in [6.45, 7) is 3.77. The SMILES string of the molecule is CCc1nn(C)c2c1nc(CCCl)n2C1CCOCC1. The van der Waals surface area contributed by atoms with E-state index in [0.717, 1.165) is 61.6 Å². The fraction of sp³-hybridized carbons (Fsp3) is 0.714. The molecule has 5 nitrogen and oxygen atoms in total. The Bertz CT molecular complexity index is 598. The van der Waals surface area contributed by atoms with Crippen LogP contribution in [-0.4, -0.2) is 38.4 Å². The van der Waals surface area contributed by atoms with Crippen LogP contribution in [0.5, 0.6) is 0 Å². The zero-order valence-corrected chi connectivity index (χ0v) is 12.9. The van der Waals surface area contributed by atoms with Gasteiger partial charge in [0.15, 0.2) is 5.65 Å². The standard InChI is InChI=1S/C14H21ClN4O/c1-3-11-13-14(18(2)17-11)19(12(16-13)4-7-15)10-5-8-20-9-6-10/h10H,3-9H2,1-2H3. The molecule has 0 saturated carbocycles. The van der Waals surface area contributed by atoms with Gasteiger partial charge in [-0.3, -0.25) is 4.68 Å². The molecule has 1 aliphatic heterocycles. The number of aromatic nitrogens is 4. The van der Waals surface area contributed by atoms with E-state index in [1.165, 1.54) is 0 Å². The van der Waals surface area contributed by atoms with Crippen LogP contribution in [0.1, 0.15) is 37.3 Å². The number of rotatable bonds is 4. The average Bonchev–Trinajstić information content (AvgIpc) is 2.98. The molecule has 0 radical (unpaired) electrons. The molecule has 0 aromatic carbocycles. The van der Waals surface area contributed by atoms with Crippen molar-refractivity contribution >= 4 is 22.8 Å². The minimum Gasteiger partial charge on any atom is -0.381 e. The number of hydrogen-bond acceptors (Lipinski definition) is 3. The molecule has 3 rings (SSSR count). The molecule has 0 unspecified atom stereocenters. The van der Waals surface area contributed by atoms with Gasteiger partial charge in [0, 0.05) is 38.6 Å². The third-order valence-electron chi connectivity index (χ3n) is 4.02. The molecule has 0 N–H and O–H groups in total. The first-order chi connectivity index (χ1) is 9.76. The number of halogens is 1. The average molecular weight is 297 g/mol. The molecule has 1 saturated heterocycles. The van der Waals surface area contributed by atoms with Crippen LogP contribution >= 0.6 is 11.6 Å². The molecular formula is C14H21ClN4O. The Kier molecular flexibility index (Phi) is 3.98. The fourth-order valence-corrected chi connectivity index (χ4v) is 3.24. The molecule has 2 aromatic rings. The number of alkyl halides is 1. The van der Waals surface area contributed by atoms with Crippen LogP contribution < -0.4 is 0 Å². The van der Waals surface area contributed by atoms with E-state index in [2.05, 4.69) is 16.6 Å². The largest absolute Gasteiger partial charge is 0.381 e. The number of ether oxygens (including phenoxy) is 1. The summed E-state index contributed by atoms with van der Waals surface area (Å²) in [7, 11) is 2.00. The topological polar surface area (TPSA) is 44.9 Å². The first kappa shape index (κ1) is 13.9. The smallest absolute Gasteiger partial charge is 0.158 e. The van der Waals surface area contributed by atoms with E-state index in [4.69, 9.17) is 21.3 Å². The van der Waals surface area contributed by atoms with Gasteiger partial charge in [0.1, 0.15) is 11.3 Å². The van der Waals surface area contributed by atoms with Crippen molar-refractivity contribution in [3.8, 4) is 0 Å². The maximum Gasteiger partial charge on any atom is 0.158 e. The number of nitrogens with zero attached hydrogens (tertiary/aromatic N) is 4. The van der Waals surface area contributed by atoms with Gasteiger partial charge in [0.2, 0.25) is 0 Å². The highest BCUT2D eigenvalue weighted by Gasteiger charge is 2.25. The minimum absolute atomic E-state index is 0.451. The number of hydrogen-bond donors (Lipinski definition) is 0. The summed E-state index contributed by atoms with van der Waals surface area (Å²) >= 11 is 5.95. The van der Waals surface area contributed by atoms with E-state index in [-0.39, 0.29) is 0 Å². The first-order valence-electron chi connectivity index (χ1n) is 7.32. The number of imidazole rings is 1. The van der Waals surface area contributed by atoms with Crippen LogP contribution in [0.3, 0.4) is 0 Å². The maximum absolute atomic E-state index is 5.95. The zero-order valence-electron chi connectivity index (χ0n) is 12.1. The van der Waals surface area contributed by atoms with Gasteiger partial charge in [-0.15, -0.1) is 11.6 Å². The Balaban J connectivity index is 2.14. The van der Waals surface area contributed by atoms with E-state index in [1.54, 1.807) is 0 Å². The first-order valence-corrected chi connectivity index (χ1v) is 7.86. The van der Waals surface area contributed by atoms with Crippen LogP contribution in [0.4, 0.5) is 0 Å². The van der Waals surface area contributed by atoms with Crippen molar-refractivity contribution in [1.82, 2.24) is 19.3 Å². The Morgan fingerprint density at radius 1 is 1.35 bits per heavy atom. The Morgan fingerprint density at radius 2 is 2.10 bits per heavy atom. The van der Waals surface area contributed by atoms with E-state index in [0.29, 0.717) is 11.9 Å². The van der Waals surface area contributed by atoms with Crippen molar-refractivity contribution in [2.75, 3.05) is 19.1 Å². The fourth-order valence-electron chi connectivity index (χ4n) is 3.07. The lowest BCUT2D eigenvalue weighted by Crippen LogP contribution is -2.22. The molecule has 1 fully saturated rings. The lowest BCUT2D eigenvalue weighted by molar-refractivity contribution is 0.0696. The van der Waals surface area contributed by atoms with E-state index < -0.39 is 0 Å². The van der Waals surface area contributed by atoms with Crippen molar-refractivity contribution in [3.05, 3.63) is 11.5 Å². The minimum atomic E-state index is 0.451. The predicted molar refractivity (Wildman–Crippen MR) is 79.4 cm³/mol. The van der Waals surface area contributed by atoms with Crippen molar-refractivity contribution in [2.24, 2.45) is 7.05 Å². The van der Waals surface area contributed by atoms with Gasteiger partial charge in [0.05, 0.1) is 5.69 Å². The van der Waals surface area contributed by atoms with E-state index in [9.17, 15) is 0 Å². The summed E-state index contributed by atoms with van der Waals surface area (Å²) in [4.78, 5) is 4.82. The van der Waals surface area contributed by atoms with Crippen molar-refractivity contribution in [2.45, 2.75) is 38.6 Å². The molecule has 0 spiro atoms. The van der Waals surface area contributed by atoms with Crippen LogP contribution in [0.15, 0.2) is 0 Å². The second-order valence-corrected chi connectivity index (χ2v) is 5.65. The molecule has 2 aromatic heterocycles. The molecule has 3 heterocycles. The normalized spacial score (nSPS) is 17.1. The van der Waals surface area contributed by atoms with E-state index >= 15 is 0 Å². The Hall–Kier alpha value is -1.07. The van der Waals surface area contributed by atoms with Crippen LogP contribution in [0.25, 0.3) is 11.2 Å². The lowest BCUT2D eigenvalue weighted by Gasteiger charge is -2.25. The second kappa shape index (κ2) is 5.74. The van der Waals surface area contributed by atoms with E-state index in [1.807, 2.05) is 11.7 Å². The van der Waals surface area contributed by atoms with Crippen molar-refractivity contribution in [1.29, 1.82) is 0 Å². The summed E-state index contributed by atoms with van der Waals surface area (Å²) in [6.07, 6.45) is 3.78. The summed E-state index contributed by atoms with van der Waals surface area (Å²) in [5.74, 6) is 1.69. The highest BCUT2D eigenvalue weighted by molar-refractivity contribution is 6.17. The molecule has 0 bridgehead atoms. The quantitative estimate of drug-likeness (QED) is 0.814. The van der Waals surface area contributed by atoms with Crippen LogP contribution in [0.2, 0.25) is 0 Å². The van der Waals surface area contributed by atoms with Gasteiger partial charge in [-0.25, -0.2) is 4.98 Å². The number of aryl methyl sites for hydroxylation is 3. The molecule has 20 heavy (non-hydrogen) atoms. The van der Waals surface area contributed by atoms with Gasteiger partial charge < -0.3 is 9.30 Å². The highest BCUT2D eigenvalue weighted by atomic mass is 35.5. The van der Waals surface area contributed by atoms with Crippen molar-refractivity contribution in [3.63, 3.8) is 0 Å². The van der Waals surface area contributed by atoms with Gasteiger partial charge >= 0.3 is 0 Å². The molecular weight excluding hydrogens is 276 g/mol. The zero-order chi connectivity index (χ0) is 14.1. The monoisotopic (exact) mass is 296 g/mol. The van der Waals surface area contributed by atoms with Crippen LogP contribution in [-0.2, 0) is 24.6 Å². The van der Waals surface area contributed by atoms with Crippen LogP contribution in [0, 0.1) is 0 Å². The third kappa shape index (κ3) is 2.23. The van der Waals surface area contributed by atoms with Gasteiger partial charge in [-0.05, 0) is 19.3 Å².